The first-order valence-corrected chi connectivity index (χ1v) is 8.55. The molecular weight excluding hydrogens is 286 g/mol. The summed E-state index contributed by atoms with van der Waals surface area (Å²) in [5.41, 5.74) is 1.94. The zero-order valence-electron chi connectivity index (χ0n) is 14.2. The summed E-state index contributed by atoms with van der Waals surface area (Å²) >= 11 is 0. The summed E-state index contributed by atoms with van der Waals surface area (Å²) in [5.74, 6) is 1.76. The molecule has 0 radical (unpaired) electrons. The Labute approximate surface area is 139 Å². The van der Waals surface area contributed by atoms with Gasteiger partial charge in [-0.1, -0.05) is 51.0 Å². The molecule has 124 valence electrons. The van der Waals surface area contributed by atoms with Gasteiger partial charge in [0.25, 0.3) is 0 Å². The summed E-state index contributed by atoms with van der Waals surface area (Å²) in [6, 6.07) is 16.1. The molecule has 0 saturated carbocycles. The lowest BCUT2D eigenvalue weighted by molar-refractivity contribution is 0.309. The molecule has 0 aliphatic heterocycles. The van der Waals surface area contributed by atoms with Crippen LogP contribution in [0.1, 0.15) is 39.5 Å². The molecule has 0 bridgehead atoms. The van der Waals surface area contributed by atoms with E-state index in [0.717, 1.165) is 61.8 Å². The standard InChI is InChI=1S/C20H27NO2/c1-3-5-15-22-19-13-9-7-11-17(19)21-18-12-8-10-14-20(18)23-16-6-4-2/h7-14,21H,3-6,15-16H2,1-2H3. The molecule has 0 fully saturated rings. The molecule has 0 spiro atoms. The van der Waals surface area contributed by atoms with Gasteiger partial charge in [0.1, 0.15) is 11.5 Å². The Hall–Kier alpha value is -2.16. The molecule has 2 aromatic rings. The zero-order valence-corrected chi connectivity index (χ0v) is 14.2. The fourth-order valence-electron chi connectivity index (χ4n) is 2.19. The topological polar surface area (TPSA) is 30.5 Å². The quantitative estimate of drug-likeness (QED) is 0.563. The smallest absolute Gasteiger partial charge is 0.142 e. The molecule has 3 heteroatoms. The fourth-order valence-corrected chi connectivity index (χ4v) is 2.19. The molecule has 0 unspecified atom stereocenters. The molecule has 0 saturated heterocycles. The van der Waals surface area contributed by atoms with Gasteiger partial charge in [0.15, 0.2) is 0 Å². The van der Waals surface area contributed by atoms with Crippen LogP contribution in [-0.4, -0.2) is 13.2 Å². The van der Waals surface area contributed by atoms with Crippen molar-refractivity contribution in [1.82, 2.24) is 0 Å². The minimum absolute atomic E-state index is 0.740. The molecule has 23 heavy (non-hydrogen) atoms. The summed E-state index contributed by atoms with van der Waals surface area (Å²) in [5, 5.41) is 3.44. The van der Waals surface area contributed by atoms with Crippen molar-refractivity contribution in [1.29, 1.82) is 0 Å². The van der Waals surface area contributed by atoms with E-state index in [1.54, 1.807) is 0 Å². The van der Waals surface area contributed by atoms with Crippen molar-refractivity contribution in [3.05, 3.63) is 48.5 Å². The largest absolute Gasteiger partial charge is 0.491 e. The molecule has 0 aromatic heterocycles. The minimum atomic E-state index is 0.740. The Morgan fingerprint density at radius 2 is 1.13 bits per heavy atom. The van der Waals surface area contributed by atoms with Crippen LogP contribution < -0.4 is 14.8 Å². The minimum Gasteiger partial charge on any atom is -0.491 e. The van der Waals surface area contributed by atoms with E-state index in [1.165, 1.54) is 0 Å². The third-order valence-electron chi connectivity index (χ3n) is 3.55. The average Bonchev–Trinajstić information content (AvgIpc) is 2.58. The maximum absolute atomic E-state index is 5.88. The molecule has 2 rings (SSSR count). The average molecular weight is 313 g/mol. The Morgan fingerprint density at radius 1 is 0.696 bits per heavy atom. The van der Waals surface area contributed by atoms with Gasteiger partial charge in [-0.05, 0) is 37.1 Å². The highest BCUT2D eigenvalue weighted by atomic mass is 16.5. The van der Waals surface area contributed by atoms with E-state index in [4.69, 9.17) is 9.47 Å². The Balaban J connectivity index is 2.09. The van der Waals surface area contributed by atoms with Gasteiger partial charge in [0.2, 0.25) is 0 Å². The lowest BCUT2D eigenvalue weighted by atomic mass is 10.2. The van der Waals surface area contributed by atoms with Gasteiger partial charge in [0, 0.05) is 0 Å². The first-order valence-electron chi connectivity index (χ1n) is 8.55. The zero-order chi connectivity index (χ0) is 16.3. The molecular formula is C20H27NO2. The number of rotatable bonds is 10. The van der Waals surface area contributed by atoms with Gasteiger partial charge in [-0.2, -0.15) is 0 Å². The number of unbranched alkanes of at least 4 members (excludes halogenated alkanes) is 2. The summed E-state index contributed by atoms with van der Waals surface area (Å²) in [6.45, 7) is 5.81. The number of para-hydroxylation sites is 4. The van der Waals surface area contributed by atoms with Crippen LogP contribution in [-0.2, 0) is 0 Å². The molecule has 0 amide bonds. The van der Waals surface area contributed by atoms with Crippen molar-refractivity contribution in [2.24, 2.45) is 0 Å². The highest BCUT2D eigenvalue weighted by molar-refractivity contribution is 5.70. The summed E-state index contributed by atoms with van der Waals surface area (Å²) in [4.78, 5) is 0. The predicted octanol–water partition coefficient (Wildman–Crippen LogP) is 5.79. The maximum Gasteiger partial charge on any atom is 0.142 e. The van der Waals surface area contributed by atoms with E-state index in [1.807, 2.05) is 48.5 Å². The van der Waals surface area contributed by atoms with Gasteiger partial charge >= 0.3 is 0 Å². The molecule has 1 N–H and O–H groups in total. The molecule has 0 aliphatic carbocycles. The van der Waals surface area contributed by atoms with Crippen LogP contribution in [0.5, 0.6) is 11.5 Å². The number of hydrogen-bond acceptors (Lipinski definition) is 3. The fraction of sp³-hybridized carbons (Fsp3) is 0.400. The molecule has 0 aliphatic rings. The first-order chi connectivity index (χ1) is 11.3. The number of ether oxygens (including phenoxy) is 2. The normalized spacial score (nSPS) is 10.3. The molecule has 0 heterocycles. The van der Waals surface area contributed by atoms with E-state index in [2.05, 4.69) is 19.2 Å². The van der Waals surface area contributed by atoms with Gasteiger partial charge in [-0.15, -0.1) is 0 Å². The van der Waals surface area contributed by atoms with Crippen LogP contribution in [0.25, 0.3) is 0 Å². The monoisotopic (exact) mass is 313 g/mol. The summed E-state index contributed by atoms with van der Waals surface area (Å²) < 4.78 is 11.8. The highest BCUT2D eigenvalue weighted by Crippen LogP contribution is 2.32. The third-order valence-corrected chi connectivity index (χ3v) is 3.55. The van der Waals surface area contributed by atoms with Crippen molar-refractivity contribution in [3.63, 3.8) is 0 Å². The van der Waals surface area contributed by atoms with E-state index in [0.29, 0.717) is 0 Å². The Kier molecular flexibility index (Phi) is 7.31. The summed E-state index contributed by atoms with van der Waals surface area (Å²) in [6.07, 6.45) is 4.38. The van der Waals surface area contributed by atoms with Gasteiger partial charge in [0.05, 0.1) is 24.6 Å². The van der Waals surface area contributed by atoms with E-state index in [9.17, 15) is 0 Å². The second kappa shape index (κ2) is 9.78. The molecule has 3 nitrogen and oxygen atoms in total. The van der Waals surface area contributed by atoms with Gasteiger partial charge < -0.3 is 14.8 Å². The van der Waals surface area contributed by atoms with E-state index >= 15 is 0 Å². The van der Waals surface area contributed by atoms with Crippen molar-refractivity contribution < 1.29 is 9.47 Å². The number of benzene rings is 2. The van der Waals surface area contributed by atoms with E-state index < -0.39 is 0 Å². The van der Waals surface area contributed by atoms with Gasteiger partial charge in [-0.25, -0.2) is 0 Å². The number of hydrogen-bond donors (Lipinski definition) is 1. The Bertz CT molecular complexity index is 532. The van der Waals surface area contributed by atoms with Crippen LogP contribution in [0.15, 0.2) is 48.5 Å². The van der Waals surface area contributed by atoms with Gasteiger partial charge in [-0.3, -0.25) is 0 Å². The highest BCUT2D eigenvalue weighted by Gasteiger charge is 2.07. The third kappa shape index (κ3) is 5.51. The van der Waals surface area contributed by atoms with Crippen LogP contribution in [0.2, 0.25) is 0 Å². The first kappa shape index (κ1) is 17.2. The van der Waals surface area contributed by atoms with Crippen molar-refractivity contribution in [3.8, 4) is 11.5 Å². The summed E-state index contributed by atoms with van der Waals surface area (Å²) in [7, 11) is 0. The SMILES string of the molecule is CCCCOc1ccccc1Nc1ccccc1OCCCC. The molecule has 2 aromatic carbocycles. The van der Waals surface area contributed by atoms with Crippen LogP contribution in [0.4, 0.5) is 11.4 Å². The van der Waals surface area contributed by atoms with E-state index in [-0.39, 0.29) is 0 Å². The molecule has 0 atom stereocenters. The van der Waals surface area contributed by atoms with Crippen molar-refractivity contribution in [2.45, 2.75) is 39.5 Å². The van der Waals surface area contributed by atoms with Crippen molar-refractivity contribution >= 4 is 11.4 Å². The lowest BCUT2D eigenvalue weighted by Crippen LogP contribution is -2.02. The second-order valence-corrected chi connectivity index (χ2v) is 5.52. The predicted molar refractivity (Wildman–Crippen MR) is 97.0 cm³/mol. The van der Waals surface area contributed by atoms with Crippen LogP contribution in [0.3, 0.4) is 0 Å². The second-order valence-electron chi connectivity index (χ2n) is 5.52. The van der Waals surface area contributed by atoms with Crippen molar-refractivity contribution in [2.75, 3.05) is 18.5 Å². The number of nitrogens with one attached hydrogen (secondary N) is 1. The van der Waals surface area contributed by atoms with Crippen LogP contribution in [0, 0.1) is 0 Å². The maximum atomic E-state index is 5.88. The lowest BCUT2D eigenvalue weighted by Gasteiger charge is -2.16. The Morgan fingerprint density at radius 3 is 1.57 bits per heavy atom. The van der Waals surface area contributed by atoms with Crippen LogP contribution >= 0.6 is 0 Å². The number of anilines is 2.